The summed E-state index contributed by atoms with van der Waals surface area (Å²) in [5.74, 6) is 1.31. The van der Waals surface area contributed by atoms with Crippen LogP contribution in [0.3, 0.4) is 0 Å². The molecule has 0 heterocycles. The minimum absolute atomic E-state index is 0.0747. The van der Waals surface area contributed by atoms with E-state index in [9.17, 15) is 5.11 Å². The summed E-state index contributed by atoms with van der Waals surface area (Å²) in [7, 11) is 0. The highest BCUT2D eigenvalue weighted by Crippen LogP contribution is 2.34. The van der Waals surface area contributed by atoms with Gasteiger partial charge in [0.2, 0.25) is 0 Å². The Labute approximate surface area is 137 Å². The van der Waals surface area contributed by atoms with Crippen molar-refractivity contribution in [1.82, 2.24) is 0 Å². The van der Waals surface area contributed by atoms with Crippen LogP contribution in [0.2, 0.25) is 0 Å². The number of para-hydroxylation sites is 2. The van der Waals surface area contributed by atoms with Crippen molar-refractivity contribution in [3.05, 3.63) is 90.0 Å². The van der Waals surface area contributed by atoms with Crippen LogP contribution in [0.4, 0.5) is 0 Å². The van der Waals surface area contributed by atoms with Crippen molar-refractivity contribution >= 4 is 0 Å². The number of aromatic hydroxyl groups is 1. The minimum Gasteiger partial charge on any atom is -0.504 e. The zero-order chi connectivity index (χ0) is 16.3. The Kier molecular flexibility index (Phi) is 4.07. The van der Waals surface area contributed by atoms with Crippen LogP contribution in [-0.4, -0.2) is 5.11 Å². The molecule has 3 aromatic rings. The van der Waals surface area contributed by atoms with E-state index in [1.165, 1.54) is 11.1 Å². The van der Waals surface area contributed by atoms with E-state index < -0.39 is 0 Å². The van der Waals surface area contributed by atoms with Gasteiger partial charge in [0.1, 0.15) is 5.75 Å². The molecule has 0 unspecified atom stereocenters. The first-order chi connectivity index (χ1) is 11.1. The van der Waals surface area contributed by atoms with E-state index in [4.69, 9.17) is 4.74 Å². The molecule has 0 atom stereocenters. The van der Waals surface area contributed by atoms with Crippen LogP contribution in [0.25, 0.3) is 0 Å². The molecule has 3 aromatic carbocycles. The third-order valence-corrected chi connectivity index (χ3v) is 4.16. The highest BCUT2D eigenvalue weighted by atomic mass is 16.5. The lowest BCUT2D eigenvalue weighted by molar-refractivity contribution is 0.411. The normalized spacial score (nSPS) is 11.2. The first-order valence-corrected chi connectivity index (χ1v) is 7.69. The predicted octanol–water partition coefficient (Wildman–Crippen LogP) is 5.51. The van der Waals surface area contributed by atoms with Gasteiger partial charge in [-0.15, -0.1) is 0 Å². The molecule has 3 rings (SSSR count). The highest BCUT2D eigenvalue weighted by Gasteiger charge is 2.22. The fourth-order valence-corrected chi connectivity index (χ4v) is 2.63. The van der Waals surface area contributed by atoms with E-state index in [0.717, 1.165) is 0 Å². The van der Waals surface area contributed by atoms with Crippen molar-refractivity contribution < 1.29 is 9.84 Å². The van der Waals surface area contributed by atoms with E-state index in [1.54, 1.807) is 18.2 Å². The van der Waals surface area contributed by atoms with Crippen LogP contribution in [0.15, 0.2) is 78.9 Å². The van der Waals surface area contributed by atoms with Gasteiger partial charge >= 0.3 is 0 Å². The standard InChI is InChI=1S/C21H20O2/c1-21(2,16-8-4-3-5-9-16)17-12-14-18(15-13-17)23-20-11-7-6-10-19(20)22/h3-15,22H,1-2H3. The van der Waals surface area contributed by atoms with Gasteiger partial charge < -0.3 is 9.84 Å². The molecule has 0 bridgehead atoms. The van der Waals surface area contributed by atoms with E-state index in [1.807, 2.05) is 24.3 Å². The highest BCUT2D eigenvalue weighted by molar-refractivity contribution is 5.44. The maximum Gasteiger partial charge on any atom is 0.169 e. The van der Waals surface area contributed by atoms with Crippen molar-refractivity contribution in [3.8, 4) is 17.2 Å². The lowest BCUT2D eigenvalue weighted by Gasteiger charge is -2.26. The van der Waals surface area contributed by atoms with E-state index in [0.29, 0.717) is 11.5 Å². The quantitative estimate of drug-likeness (QED) is 0.688. The van der Waals surface area contributed by atoms with Crippen LogP contribution < -0.4 is 4.74 Å². The average molecular weight is 304 g/mol. The molecule has 1 N–H and O–H groups in total. The van der Waals surface area contributed by atoms with Gasteiger partial charge in [0.25, 0.3) is 0 Å². The largest absolute Gasteiger partial charge is 0.504 e. The zero-order valence-electron chi connectivity index (χ0n) is 13.4. The van der Waals surface area contributed by atoms with Gasteiger partial charge in [-0.2, -0.15) is 0 Å². The number of rotatable bonds is 4. The SMILES string of the molecule is CC(C)(c1ccccc1)c1ccc(Oc2ccccc2O)cc1. The molecule has 0 fully saturated rings. The van der Waals surface area contributed by atoms with E-state index >= 15 is 0 Å². The van der Waals surface area contributed by atoms with Crippen LogP contribution in [0.1, 0.15) is 25.0 Å². The van der Waals surface area contributed by atoms with Crippen LogP contribution in [0.5, 0.6) is 17.2 Å². The summed E-state index contributed by atoms with van der Waals surface area (Å²) >= 11 is 0. The fourth-order valence-electron chi connectivity index (χ4n) is 2.63. The summed E-state index contributed by atoms with van der Waals surface area (Å²) < 4.78 is 5.73. The van der Waals surface area contributed by atoms with Crippen molar-refractivity contribution in [2.75, 3.05) is 0 Å². The monoisotopic (exact) mass is 304 g/mol. The molecular weight excluding hydrogens is 284 g/mol. The molecule has 0 saturated carbocycles. The Bertz CT molecular complexity index is 774. The van der Waals surface area contributed by atoms with Gasteiger partial charge in [-0.25, -0.2) is 0 Å². The van der Waals surface area contributed by atoms with Crippen molar-refractivity contribution in [2.45, 2.75) is 19.3 Å². The van der Waals surface area contributed by atoms with Crippen molar-refractivity contribution in [2.24, 2.45) is 0 Å². The molecule has 0 aliphatic rings. The van der Waals surface area contributed by atoms with Crippen LogP contribution in [0, 0.1) is 0 Å². The maximum absolute atomic E-state index is 9.78. The Morgan fingerprint density at radius 2 is 1.26 bits per heavy atom. The Balaban J connectivity index is 1.84. The lowest BCUT2D eigenvalue weighted by Crippen LogP contribution is -2.18. The summed E-state index contributed by atoms with van der Waals surface area (Å²) in [5.41, 5.74) is 2.41. The summed E-state index contributed by atoms with van der Waals surface area (Å²) in [6.45, 7) is 4.42. The molecule has 0 spiro atoms. The van der Waals surface area contributed by atoms with Crippen molar-refractivity contribution in [1.29, 1.82) is 0 Å². The van der Waals surface area contributed by atoms with Gasteiger partial charge in [0.15, 0.2) is 11.5 Å². The second-order valence-corrected chi connectivity index (χ2v) is 6.09. The number of phenols is 1. The van der Waals surface area contributed by atoms with Gasteiger partial charge in [0.05, 0.1) is 0 Å². The number of hydrogen-bond donors (Lipinski definition) is 1. The molecular formula is C21H20O2. The minimum atomic E-state index is -0.0747. The molecule has 2 nitrogen and oxygen atoms in total. The van der Waals surface area contributed by atoms with Gasteiger partial charge in [-0.1, -0.05) is 68.4 Å². The molecule has 0 aliphatic heterocycles. The van der Waals surface area contributed by atoms with E-state index in [-0.39, 0.29) is 11.2 Å². The Morgan fingerprint density at radius 3 is 1.91 bits per heavy atom. The summed E-state index contributed by atoms with van der Waals surface area (Å²) in [6.07, 6.45) is 0. The fraction of sp³-hybridized carbons (Fsp3) is 0.143. The smallest absolute Gasteiger partial charge is 0.169 e. The number of benzene rings is 3. The van der Waals surface area contributed by atoms with Gasteiger partial charge in [0, 0.05) is 5.41 Å². The molecule has 0 radical (unpaired) electrons. The van der Waals surface area contributed by atoms with Crippen molar-refractivity contribution in [3.63, 3.8) is 0 Å². The summed E-state index contributed by atoms with van der Waals surface area (Å²) in [4.78, 5) is 0. The second-order valence-electron chi connectivity index (χ2n) is 6.09. The molecule has 23 heavy (non-hydrogen) atoms. The number of phenolic OH excluding ortho intramolecular Hbond substituents is 1. The zero-order valence-corrected chi connectivity index (χ0v) is 13.4. The topological polar surface area (TPSA) is 29.5 Å². The summed E-state index contributed by atoms with van der Waals surface area (Å²) in [6, 6.07) is 25.4. The molecule has 0 saturated heterocycles. The second kappa shape index (κ2) is 6.17. The Morgan fingerprint density at radius 1 is 0.696 bits per heavy atom. The van der Waals surface area contributed by atoms with E-state index in [2.05, 4.69) is 50.2 Å². The molecule has 116 valence electrons. The molecule has 0 aliphatic carbocycles. The molecule has 0 amide bonds. The van der Waals surface area contributed by atoms with Crippen LogP contribution >= 0.6 is 0 Å². The number of ether oxygens (including phenoxy) is 1. The maximum atomic E-state index is 9.78. The first kappa shape index (κ1) is 15.2. The average Bonchev–Trinajstić information content (AvgIpc) is 2.58. The van der Waals surface area contributed by atoms with Crippen LogP contribution in [-0.2, 0) is 5.41 Å². The predicted molar refractivity (Wildman–Crippen MR) is 93.2 cm³/mol. The number of hydrogen-bond acceptors (Lipinski definition) is 2. The third-order valence-electron chi connectivity index (χ3n) is 4.16. The lowest BCUT2D eigenvalue weighted by atomic mass is 9.78. The van der Waals surface area contributed by atoms with Gasteiger partial charge in [-0.3, -0.25) is 0 Å². The molecule has 2 heteroatoms. The third kappa shape index (κ3) is 3.21. The first-order valence-electron chi connectivity index (χ1n) is 7.69. The summed E-state index contributed by atoms with van der Waals surface area (Å²) in [5, 5.41) is 9.78. The molecule has 0 aromatic heterocycles. The Hall–Kier alpha value is -2.74. The van der Waals surface area contributed by atoms with Gasteiger partial charge in [-0.05, 0) is 35.4 Å².